The summed E-state index contributed by atoms with van der Waals surface area (Å²) < 4.78 is 1.88. The zero-order valence-electron chi connectivity index (χ0n) is 14.2. The number of nitrogens with zero attached hydrogens (tertiary/aromatic N) is 3. The summed E-state index contributed by atoms with van der Waals surface area (Å²) in [5, 5.41) is 4.73. The molecule has 5 heteroatoms. The van der Waals surface area contributed by atoms with Crippen molar-refractivity contribution in [2.24, 2.45) is 11.7 Å². The number of para-hydroxylation sites is 1. The Kier molecular flexibility index (Phi) is 3.98. The number of fused-ring (bicyclic) bond motifs is 1. The normalized spacial score (nSPS) is 21.0. The van der Waals surface area contributed by atoms with Crippen molar-refractivity contribution in [3.8, 4) is 5.69 Å². The number of carbonyl (C=O) groups is 1. The van der Waals surface area contributed by atoms with Crippen molar-refractivity contribution >= 4 is 11.7 Å². The van der Waals surface area contributed by atoms with Crippen LogP contribution < -0.4 is 10.6 Å². The van der Waals surface area contributed by atoms with E-state index >= 15 is 0 Å². The van der Waals surface area contributed by atoms with Crippen LogP contribution in [0.15, 0.2) is 30.3 Å². The van der Waals surface area contributed by atoms with E-state index in [-0.39, 0.29) is 17.7 Å². The number of amides is 1. The number of aryl methyl sites for hydroxylation is 1. The number of benzene rings is 1. The lowest BCUT2D eigenvalue weighted by molar-refractivity contribution is -0.121. The minimum Gasteiger partial charge on any atom is -0.319 e. The van der Waals surface area contributed by atoms with Crippen LogP contribution >= 0.6 is 0 Å². The van der Waals surface area contributed by atoms with Gasteiger partial charge < -0.3 is 5.73 Å². The maximum atomic E-state index is 12.8. The molecule has 0 radical (unpaired) electrons. The lowest BCUT2D eigenvalue weighted by atomic mass is 9.79. The zero-order chi connectivity index (χ0) is 16.7. The van der Waals surface area contributed by atoms with Crippen LogP contribution in [0, 0.1) is 12.8 Å². The topological polar surface area (TPSA) is 64.2 Å². The summed E-state index contributed by atoms with van der Waals surface area (Å²) in [6.07, 6.45) is 0. The summed E-state index contributed by atoms with van der Waals surface area (Å²) in [5.74, 6) is 1.13. The molecule has 1 aromatic heterocycles. The highest BCUT2D eigenvalue weighted by Crippen LogP contribution is 2.42. The van der Waals surface area contributed by atoms with Crippen LogP contribution in [0.1, 0.15) is 37.9 Å². The Balaban J connectivity index is 2.28. The van der Waals surface area contributed by atoms with Crippen molar-refractivity contribution in [3.05, 3.63) is 41.6 Å². The number of carbonyl (C=O) groups excluding carboxylic acids is 1. The number of hydrogen-bond acceptors (Lipinski definition) is 3. The quantitative estimate of drug-likeness (QED) is 0.947. The molecular formula is C18H24N4O. The summed E-state index contributed by atoms with van der Waals surface area (Å²) in [4.78, 5) is 14.6. The number of hydrogen-bond donors (Lipinski definition) is 1. The van der Waals surface area contributed by atoms with Crippen molar-refractivity contribution in [1.82, 2.24) is 9.78 Å². The fourth-order valence-electron chi connectivity index (χ4n) is 3.60. The van der Waals surface area contributed by atoms with Crippen molar-refractivity contribution in [1.29, 1.82) is 0 Å². The second-order valence-electron chi connectivity index (χ2n) is 6.45. The smallest absolute Gasteiger partial charge is 0.245 e. The fourth-order valence-corrected chi connectivity index (χ4v) is 3.60. The molecule has 1 aliphatic rings. The van der Waals surface area contributed by atoms with E-state index in [2.05, 4.69) is 13.8 Å². The van der Waals surface area contributed by atoms with Crippen LogP contribution in [0.25, 0.3) is 5.69 Å². The van der Waals surface area contributed by atoms with Gasteiger partial charge in [0.15, 0.2) is 0 Å². The Hall–Kier alpha value is -2.14. The Labute approximate surface area is 137 Å². The molecule has 0 saturated carbocycles. The minimum atomic E-state index is -0.505. The van der Waals surface area contributed by atoms with E-state index in [1.807, 2.05) is 48.9 Å². The van der Waals surface area contributed by atoms with Gasteiger partial charge in [0, 0.05) is 18.0 Å². The molecule has 2 heterocycles. The van der Waals surface area contributed by atoms with E-state index in [4.69, 9.17) is 10.8 Å². The molecule has 0 spiro atoms. The van der Waals surface area contributed by atoms with Gasteiger partial charge in [0.05, 0.1) is 17.4 Å². The van der Waals surface area contributed by atoms with E-state index in [1.165, 1.54) is 0 Å². The van der Waals surface area contributed by atoms with E-state index < -0.39 is 6.04 Å². The molecule has 2 aromatic rings. The molecule has 23 heavy (non-hydrogen) atoms. The van der Waals surface area contributed by atoms with E-state index in [9.17, 15) is 4.79 Å². The van der Waals surface area contributed by atoms with Gasteiger partial charge in [0.25, 0.3) is 0 Å². The average Bonchev–Trinajstić information content (AvgIpc) is 2.86. The van der Waals surface area contributed by atoms with Gasteiger partial charge in [0.1, 0.15) is 5.82 Å². The van der Waals surface area contributed by atoms with E-state index in [0.29, 0.717) is 6.54 Å². The van der Waals surface area contributed by atoms with Gasteiger partial charge in [-0.05, 0) is 31.9 Å². The van der Waals surface area contributed by atoms with Crippen LogP contribution in [0.5, 0.6) is 0 Å². The molecule has 1 aliphatic heterocycles. The third-order valence-corrected chi connectivity index (χ3v) is 4.64. The largest absolute Gasteiger partial charge is 0.319 e. The molecule has 5 nitrogen and oxygen atoms in total. The number of rotatable bonds is 3. The lowest BCUT2D eigenvalue weighted by Gasteiger charge is -2.38. The van der Waals surface area contributed by atoms with Crippen LogP contribution in [0.3, 0.4) is 0 Å². The monoisotopic (exact) mass is 312 g/mol. The average molecular weight is 312 g/mol. The third kappa shape index (κ3) is 2.36. The first-order valence-corrected chi connectivity index (χ1v) is 8.19. The van der Waals surface area contributed by atoms with Crippen LogP contribution in [-0.2, 0) is 4.79 Å². The van der Waals surface area contributed by atoms with Gasteiger partial charge in [-0.1, -0.05) is 32.0 Å². The summed E-state index contributed by atoms with van der Waals surface area (Å²) in [7, 11) is 0. The molecule has 2 atom stereocenters. The first-order valence-electron chi connectivity index (χ1n) is 8.19. The Morgan fingerprint density at radius 2 is 1.91 bits per heavy atom. The van der Waals surface area contributed by atoms with E-state index in [1.54, 1.807) is 4.90 Å². The minimum absolute atomic E-state index is 0.00207. The van der Waals surface area contributed by atoms with Crippen molar-refractivity contribution in [2.45, 2.75) is 39.7 Å². The number of nitrogens with two attached hydrogens (primary N) is 1. The lowest BCUT2D eigenvalue weighted by Crippen LogP contribution is -2.52. The number of anilines is 1. The number of aromatic nitrogens is 2. The summed E-state index contributed by atoms with van der Waals surface area (Å²) >= 11 is 0. The van der Waals surface area contributed by atoms with Gasteiger partial charge in [0.2, 0.25) is 5.91 Å². The first-order chi connectivity index (χ1) is 11.0. The SMILES string of the molecule is CCN1C(=O)[C@@H](N)[C@@H](C(C)C)c2c(C)nn(-c3ccccc3)c21. The van der Waals surface area contributed by atoms with E-state index in [0.717, 1.165) is 22.8 Å². The highest BCUT2D eigenvalue weighted by molar-refractivity contribution is 6.00. The molecule has 0 bridgehead atoms. The predicted octanol–water partition coefficient (Wildman–Crippen LogP) is 2.61. The van der Waals surface area contributed by atoms with Crippen molar-refractivity contribution in [2.75, 3.05) is 11.4 Å². The fraction of sp³-hybridized carbons (Fsp3) is 0.444. The predicted molar refractivity (Wildman–Crippen MR) is 91.9 cm³/mol. The molecular weight excluding hydrogens is 288 g/mol. The standard InChI is InChI=1S/C18H24N4O/c1-5-21-17-15(14(11(2)3)16(19)18(21)23)12(4)20-22(17)13-9-7-6-8-10-13/h6-11,14,16H,5,19H2,1-4H3/t14-,16-/m0/s1. The van der Waals surface area contributed by atoms with Crippen LogP contribution in [0.4, 0.5) is 5.82 Å². The van der Waals surface area contributed by atoms with Gasteiger partial charge in [-0.2, -0.15) is 5.10 Å². The molecule has 3 rings (SSSR count). The zero-order valence-corrected chi connectivity index (χ0v) is 14.2. The molecule has 0 fully saturated rings. The third-order valence-electron chi connectivity index (χ3n) is 4.64. The maximum absolute atomic E-state index is 12.8. The molecule has 2 N–H and O–H groups in total. The highest BCUT2D eigenvalue weighted by atomic mass is 16.2. The van der Waals surface area contributed by atoms with Crippen LogP contribution in [-0.4, -0.2) is 28.3 Å². The summed E-state index contributed by atoms with van der Waals surface area (Å²) in [5.41, 5.74) is 9.31. The Bertz CT molecular complexity index is 720. The van der Waals surface area contributed by atoms with Gasteiger partial charge >= 0.3 is 0 Å². The summed E-state index contributed by atoms with van der Waals surface area (Å²) in [6.45, 7) is 8.79. The van der Waals surface area contributed by atoms with Crippen molar-refractivity contribution in [3.63, 3.8) is 0 Å². The number of likely N-dealkylation sites (N-methyl/N-ethyl adjacent to an activating group) is 1. The highest BCUT2D eigenvalue weighted by Gasteiger charge is 2.43. The van der Waals surface area contributed by atoms with Crippen molar-refractivity contribution < 1.29 is 4.79 Å². The van der Waals surface area contributed by atoms with Gasteiger partial charge in [-0.3, -0.25) is 9.69 Å². The second kappa shape index (κ2) is 5.81. The molecule has 122 valence electrons. The first kappa shape index (κ1) is 15.7. The Morgan fingerprint density at radius 3 is 2.48 bits per heavy atom. The summed E-state index contributed by atoms with van der Waals surface area (Å²) in [6, 6.07) is 9.43. The van der Waals surface area contributed by atoms with Gasteiger partial charge in [-0.25, -0.2) is 4.68 Å². The molecule has 1 aromatic carbocycles. The molecule has 0 aliphatic carbocycles. The van der Waals surface area contributed by atoms with Crippen LogP contribution in [0.2, 0.25) is 0 Å². The molecule has 0 unspecified atom stereocenters. The van der Waals surface area contributed by atoms with Gasteiger partial charge in [-0.15, -0.1) is 0 Å². The maximum Gasteiger partial charge on any atom is 0.245 e. The molecule has 0 saturated heterocycles. The molecule has 1 amide bonds. The second-order valence-corrected chi connectivity index (χ2v) is 6.45. The Morgan fingerprint density at radius 1 is 1.26 bits per heavy atom.